The molecule has 382 valence electrons. The highest BCUT2D eigenvalue weighted by molar-refractivity contribution is 6.12. The van der Waals surface area contributed by atoms with Crippen molar-refractivity contribution in [1.29, 1.82) is 0 Å². The number of fused-ring (bicyclic) bond motifs is 6. The summed E-state index contributed by atoms with van der Waals surface area (Å²) in [5, 5.41) is 1.38. The summed E-state index contributed by atoms with van der Waals surface area (Å²) in [6, 6.07) is 38.1. The van der Waals surface area contributed by atoms with Crippen LogP contribution in [0, 0.1) is 0 Å². The molecule has 0 fully saturated rings. The smallest absolute Gasteiger partial charge is 0.309 e. The fraction of sp³-hybridized carbons (Fsp3) is 0.0862. The topological polar surface area (TPSA) is 22.8 Å². The summed E-state index contributed by atoms with van der Waals surface area (Å²) in [7, 11) is 0. The molecule has 11 aromatic rings. The summed E-state index contributed by atoms with van der Waals surface area (Å²) in [5.74, 6) is 0. The van der Waals surface area contributed by atoms with Crippen LogP contribution in [0.5, 0.6) is 0 Å². The van der Waals surface area contributed by atoms with Crippen LogP contribution in [0.3, 0.4) is 0 Å². The number of para-hydroxylation sites is 2. The molecular weight excluding hydrogens is 1020 g/mol. The van der Waals surface area contributed by atoms with Gasteiger partial charge in [-0.3, -0.25) is 0 Å². The fourth-order valence-corrected chi connectivity index (χ4v) is 9.94. The maximum Gasteiger partial charge on any atom is 0.418 e. The van der Waals surface area contributed by atoms with Crippen molar-refractivity contribution < 1.29 is 65.9 Å². The highest BCUT2D eigenvalue weighted by atomic mass is 19.4. The van der Waals surface area contributed by atoms with Gasteiger partial charge in [0.2, 0.25) is 0 Å². The van der Waals surface area contributed by atoms with E-state index in [-0.39, 0.29) is 67.7 Å². The van der Waals surface area contributed by atoms with E-state index in [0.29, 0.717) is 51.7 Å². The van der Waals surface area contributed by atoms with Crippen LogP contribution >= 0.6 is 0 Å². The first-order chi connectivity index (χ1) is 35.9. The third-order valence-electron chi connectivity index (χ3n) is 13.3. The van der Waals surface area contributed by atoms with Gasteiger partial charge in [-0.25, -0.2) is 4.98 Å². The first kappa shape index (κ1) is 49.7. The molecule has 0 aliphatic carbocycles. The van der Waals surface area contributed by atoms with Gasteiger partial charge in [0, 0.05) is 32.7 Å². The van der Waals surface area contributed by atoms with E-state index in [0.717, 1.165) is 6.07 Å². The highest BCUT2D eigenvalue weighted by Crippen LogP contribution is 2.48. The van der Waals surface area contributed by atoms with Gasteiger partial charge in [-0.2, -0.15) is 65.9 Å². The Kier molecular flexibility index (Phi) is 11.5. The largest absolute Gasteiger partial charge is 0.418 e. The number of nitrogens with zero attached hydrogens (tertiary/aromatic N) is 3. The SMILES string of the molecule is FC(F)(F)c1ccc(-c2ccc3c4ccccc4n(-c4cc(C(F)(F)F)c(-n5c6ccccc6c6ccc(-c7ccc(C(F)(F)F)cc7C(F)(F)F)cc65)cc4-c4cccc(-c5ccccc5)n4)c3c2)c(C(F)(F)F)c1. The molecule has 0 bridgehead atoms. The zero-order valence-electron chi connectivity index (χ0n) is 38.3. The van der Waals surface area contributed by atoms with Crippen LogP contribution in [0.1, 0.15) is 27.8 Å². The molecule has 18 heteroatoms. The van der Waals surface area contributed by atoms with E-state index in [4.69, 9.17) is 4.98 Å². The summed E-state index contributed by atoms with van der Waals surface area (Å²) >= 11 is 0. The van der Waals surface area contributed by atoms with Gasteiger partial charge in [-0.15, -0.1) is 0 Å². The molecular formula is C58H30F15N3. The minimum Gasteiger partial charge on any atom is -0.309 e. The summed E-state index contributed by atoms with van der Waals surface area (Å²) in [4.78, 5) is 4.92. The Bertz CT molecular complexity index is 4100. The highest BCUT2D eigenvalue weighted by Gasteiger charge is 2.41. The second kappa shape index (κ2) is 17.5. The molecule has 0 N–H and O–H groups in total. The van der Waals surface area contributed by atoms with Crippen LogP contribution in [0.15, 0.2) is 182 Å². The van der Waals surface area contributed by atoms with E-state index in [1.54, 1.807) is 78.9 Å². The average Bonchev–Trinajstić information content (AvgIpc) is 4.06. The van der Waals surface area contributed by atoms with Gasteiger partial charge in [0.1, 0.15) is 0 Å². The van der Waals surface area contributed by atoms with Gasteiger partial charge in [-0.1, -0.05) is 109 Å². The van der Waals surface area contributed by atoms with Crippen LogP contribution in [-0.4, -0.2) is 14.1 Å². The molecule has 0 spiro atoms. The predicted octanol–water partition coefficient (Wildman–Crippen LogP) is 19.0. The van der Waals surface area contributed by atoms with Crippen molar-refractivity contribution >= 4 is 43.6 Å². The Hall–Kier alpha value is -8.54. The van der Waals surface area contributed by atoms with Gasteiger partial charge < -0.3 is 9.13 Å². The number of hydrogen-bond donors (Lipinski definition) is 0. The molecule has 3 aromatic heterocycles. The van der Waals surface area contributed by atoms with E-state index in [9.17, 15) is 52.7 Å². The molecule has 0 saturated carbocycles. The molecule has 0 atom stereocenters. The molecule has 3 heterocycles. The molecule has 0 radical (unpaired) electrons. The van der Waals surface area contributed by atoms with Crippen molar-refractivity contribution in [3.63, 3.8) is 0 Å². The van der Waals surface area contributed by atoms with Crippen molar-refractivity contribution in [3.05, 3.63) is 210 Å². The lowest BCUT2D eigenvalue weighted by Crippen LogP contribution is -2.14. The molecule has 3 nitrogen and oxygen atoms in total. The zero-order chi connectivity index (χ0) is 53.9. The van der Waals surface area contributed by atoms with Crippen LogP contribution in [0.2, 0.25) is 0 Å². The van der Waals surface area contributed by atoms with Gasteiger partial charge in [0.25, 0.3) is 0 Å². The molecule has 0 aliphatic rings. The van der Waals surface area contributed by atoms with Crippen molar-refractivity contribution in [2.24, 2.45) is 0 Å². The predicted molar refractivity (Wildman–Crippen MR) is 260 cm³/mol. The number of rotatable bonds is 6. The van der Waals surface area contributed by atoms with E-state index >= 15 is 13.2 Å². The monoisotopic (exact) mass is 1050 g/mol. The Labute approximate surface area is 419 Å². The molecule has 0 amide bonds. The van der Waals surface area contributed by atoms with E-state index in [2.05, 4.69) is 0 Å². The maximum atomic E-state index is 16.3. The van der Waals surface area contributed by atoms with Crippen LogP contribution in [-0.2, 0) is 30.9 Å². The third-order valence-corrected chi connectivity index (χ3v) is 13.3. The van der Waals surface area contributed by atoms with Crippen LogP contribution < -0.4 is 0 Å². The molecule has 0 saturated heterocycles. The van der Waals surface area contributed by atoms with Crippen molar-refractivity contribution in [2.45, 2.75) is 30.9 Å². The Morgan fingerprint density at radius 1 is 0.276 bits per heavy atom. The molecule has 76 heavy (non-hydrogen) atoms. The molecule has 11 rings (SSSR count). The van der Waals surface area contributed by atoms with Gasteiger partial charge in [0.05, 0.1) is 72.6 Å². The van der Waals surface area contributed by atoms with Gasteiger partial charge in [0.15, 0.2) is 0 Å². The van der Waals surface area contributed by atoms with Gasteiger partial charge >= 0.3 is 30.9 Å². The fourth-order valence-electron chi connectivity index (χ4n) is 9.94. The van der Waals surface area contributed by atoms with Crippen molar-refractivity contribution in [3.8, 4) is 56.1 Å². The molecule has 0 unspecified atom stereocenters. The lowest BCUT2D eigenvalue weighted by molar-refractivity contribution is -0.144. The summed E-state index contributed by atoms with van der Waals surface area (Å²) in [6.07, 6.45) is -26.1. The Morgan fingerprint density at radius 3 is 1.18 bits per heavy atom. The number of halogens is 15. The number of alkyl halides is 15. The quantitative estimate of drug-likeness (QED) is 0.152. The molecule has 8 aromatic carbocycles. The maximum absolute atomic E-state index is 16.3. The van der Waals surface area contributed by atoms with E-state index in [1.807, 2.05) is 0 Å². The number of benzene rings is 8. The minimum atomic E-state index is -5.31. The lowest BCUT2D eigenvalue weighted by atomic mass is 9.95. The number of hydrogen-bond acceptors (Lipinski definition) is 1. The Balaban J connectivity index is 1.24. The first-order valence-corrected chi connectivity index (χ1v) is 22.8. The normalized spacial score (nSPS) is 12.9. The third kappa shape index (κ3) is 8.64. The number of pyridine rings is 1. The number of aromatic nitrogens is 3. The van der Waals surface area contributed by atoms with Crippen LogP contribution in [0.4, 0.5) is 65.9 Å². The summed E-state index contributed by atoms with van der Waals surface area (Å²) in [6.45, 7) is 0. The average molecular weight is 1050 g/mol. The first-order valence-electron chi connectivity index (χ1n) is 22.8. The van der Waals surface area contributed by atoms with Crippen molar-refractivity contribution in [1.82, 2.24) is 14.1 Å². The lowest BCUT2D eigenvalue weighted by Gasteiger charge is -2.22. The second-order valence-electron chi connectivity index (χ2n) is 17.8. The second-order valence-corrected chi connectivity index (χ2v) is 17.8. The summed E-state index contributed by atoms with van der Waals surface area (Å²) < 4.78 is 222. The zero-order valence-corrected chi connectivity index (χ0v) is 38.3. The summed E-state index contributed by atoms with van der Waals surface area (Å²) in [5.41, 5.74) is -8.85. The minimum absolute atomic E-state index is 0.00327. The van der Waals surface area contributed by atoms with E-state index in [1.165, 1.54) is 69.8 Å². The van der Waals surface area contributed by atoms with Gasteiger partial charge in [-0.05, 0) is 95.1 Å². The molecule has 0 aliphatic heterocycles. The van der Waals surface area contributed by atoms with Crippen molar-refractivity contribution in [2.75, 3.05) is 0 Å². The Morgan fingerprint density at radius 2 is 0.711 bits per heavy atom. The van der Waals surface area contributed by atoms with Crippen LogP contribution in [0.25, 0.3) is 99.8 Å². The van der Waals surface area contributed by atoms with E-state index < -0.39 is 75.5 Å². The standard InChI is InChI=1S/C58H30F15N3/c59-54(60,61)34-19-23-36(43(27-34)56(65,66)67)32-17-21-40-38-11-4-6-15-48(38)75(50(40)25-32)52-30-45(58(71,72)73)53(29-42(52)47-14-8-13-46(74-47)31-9-2-1-3-10-31)76-49-16-7-5-12-39(49)41-22-18-33(26-51(41)76)37-24-20-35(55(62,63)64)28-44(37)57(68,69)70/h1-30H.